The lowest BCUT2D eigenvalue weighted by Gasteiger charge is -2.08. The van der Waals surface area contributed by atoms with Gasteiger partial charge in [0.25, 0.3) is 0 Å². The van der Waals surface area contributed by atoms with Crippen molar-refractivity contribution in [2.45, 2.75) is 6.92 Å². The summed E-state index contributed by atoms with van der Waals surface area (Å²) in [6.07, 6.45) is 0. The van der Waals surface area contributed by atoms with Crippen LogP contribution in [0.1, 0.15) is 6.92 Å². The standard InChI is InChI=1S/C13H20N4S/c1-4-14-10-5-6-11-12(9-10)18-13(16-11)15-7-8-17(2)3/h5-6,9,14H,4,7-8H2,1-3H3,(H,15,16). The third-order valence-electron chi connectivity index (χ3n) is 2.60. The zero-order valence-electron chi connectivity index (χ0n) is 11.2. The molecular weight excluding hydrogens is 244 g/mol. The molecule has 0 radical (unpaired) electrons. The first kappa shape index (κ1) is 13.1. The topological polar surface area (TPSA) is 40.2 Å². The van der Waals surface area contributed by atoms with Crippen LogP contribution in [0.25, 0.3) is 10.2 Å². The van der Waals surface area contributed by atoms with Crippen molar-refractivity contribution in [3.05, 3.63) is 18.2 Å². The van der Waals surface area contributed by atoms with Crippen molar-refractivity contribution in [2.75, 3.05) is 44.4 Å². The van der Waals surface area contributed by atoms with Gasteiger partial charge in [0.1, 0.15) is 0 Å². The maximum Gasteiger partial charge on any atom is 0.183 e. The average molecular weight is 264 g/mol. The molecule has 0 bridgehead atoms. The molecule has 0 amide bonds. The molecule has 0 saturated carbocycles. The second kappa shape index (κ2) is 6.02. The van der Waals surface area contributed by atoms with Crippen LogP contribution < -0.4 is 10.6 Å². The lowest BCUT2D eigenvalue weighted by atomic mass is 10.3. The monoisotopic (exact) mass is 264 g/mol. The van der Waals surface area contributed by atoms with Gasteiger partial charge in [-0.25, -0.2) is 4.98 Å². The van der Waals surface area contributed by atoms with E-state index in [1.165, 1.54) is 4.70 Å². The third kappa shape index (κ3) is 3.34. The van der Waals surface area contributed by atoms with Crippen molar-refractivity contribution in [2.24, 2.45) is 0 Å². The molecule has 0 aliphatic carbocycles. The number of rotatable bonds is 6. The van der Waals surface area contributed by atoms with E-state index in [0.717, 1.165) is 36.0 Å². The fourth-order valence-corrected chi connectivity index (χ4v) is 2.63. The number of fused-ring (bicyclic) bond motifs is 1. The minimum absolute atomic E-state index is 0.924. The molecule has 5 heteroatoms. The van der Waals surface area contributed by atoms with Gasteiger partial charge in [0, 0.05) is 25.3 Å². The Balaban J connectivity index is 2.07. The molecule has 0 aliphatic rings. The van der Waals surface area contributed by atoms with Gasteiger partial charge in [0.15, 0.2) is 5.13 Å². The Labute approximate surface area is 112 Å². The minimum Gasteiger partial charge on any atom is -0.385 e. The second-order valence-electron chi connectivity index (χ2n) is 4.46. The van der Waals surface area contributed by atoms with Crippen LogP contribution in [-0.2, 0) is 0 Å². The zero-order chi connectivity index (χ0) is 13.0. The molecular formula is C13H20N4S. The van der Waals surface area contributed by atoms with Gasteiger partial charge >= 0.3 is 0 Å². The van der Waals surface area contributed by atoms with E-state index in [-0.39, 0.29) is 0 Å². The molecule has 98 valence electrons. The van der Waals surface area contributed by atoms with E-state index in [1.807, 2.05) is 0 Å². The fraction of sp³-hybridized carbons (Fsp3) is 0.462. The number of hydrogen-bond acceptors (Lipinski definition) is 5. The van der Waals surface area contributed by atoms with Crippen LogP contribution in [-0.4, -0.2) is 43.6 Å². The predicted octanol–water partition coefficient (Wildman–Crippen LogP) is 2.70. The first-order chi connectivity index (χ1) is 8.69. The summed E-state index contributed by atoms with van der Waals surface area (Å²) in [5.41, 5.74) is 2.22. The quantitative estimate of drug-likeness (QED) is 0.841. The number of nitrogens with one attached hydrogen (secondary N) is 2. The van der Waals surface area contributed by atoms with Gasteiger partial charge in [-0.05, 0) is 39.2 Å². The van der Waals surface area contributed by atoms with Crippen LogP contribution in [0, 0.1) is 0 Å². The van der Waals surface area contributed by atoms with Gasteiger partial charge in [0.2, 0.25) is 0 Å². The zero-order valence-corrected chi connectivity index (χ0v) is 12.0. The lowest BCUT2D eigenvalue weighted by molar-refractivity contribution is 0.425. The summed E-state index contributed by atoms with van der Waals surface area (Å²) >= 11 is 1.71. The SMILES string of the molecule is CCNc1ccc2nc(NCCN(C)C)sc2c1. The van der Waals surface area contributed by atoms with E-state index in [2.05, 4.69) is 59.7 Å². The van der Waals surface area contributed by atoms with Crippen LogP contribution in [0.15, 0.2) is 18.2 Å². The summed E-state index contributed by atoms with van der Waals surface area (Å²) in [5, 5.41) is 7.68. The molecule has 0 saturated heterocycles. The molecule has 4 nitrogen and oxygen atoms in total. The molecule has 0 unspecified atom stereocenters. The van der Waals surface area contributed by atoms with Gasteiger partial charge in [-0.2, -0.15) is 0 Å². The molecule has 1 aromatic carbocycles. The van der Waals surface area contributed by atoms with E-state index in [0.29, 0.717) is 0 Å². The van der Waals surface area contributed by atoms with E-state index in [1.54, 1.807) is 11.3 Å². The van der Waals surface area contributed by atoms with E-state index >= 15 is 0 Å². The molecule has 1 aromatic heterocycles. The highest BCUT2D eigenvalue weighted by molar-refractivity contribution is 7.22. The molecule has 18 heavy (non-hydrogen) atoms. The van der Waals surface area contributed by atoms with Crippen molar-refractivity contribution in [1.29, 1.82) is 0 Å². The third-order valence-corrected chi connectivity index (χ3v) is 3.58. The Morgan fingerprint density at radius 3 is 2.83 bits per heavy atom. The molecule has 2 aromatic rings. The summed E-state index contributed by atoms with van der Waals surface area (Å²) in [4.78, 5) is 6.73. The van der Waals surface area contributed by atoms with E-state index < -0.39 is 0 Å². The first-order valence-electron chi connectivity index (χ1n) is 6.22. The van der Waals surface area contributed by atoms with Crippen molar-refractivity contribution in [3.63, 3.8) is 0 Å². The Kier molecular flexibility index (Phi) is 4.38. The number of thiazole rings is 1. The highest BCUT2D eigenvalue weighted by Gasteiger charge is 2.04. The van der Waals surface area contributed by atoms with Gasteiger partial charge in [0.05, 0.1) is 10.2 Å². The van der Waals surface area contributed by atoms with Crippen molar-refractivity contribution < 1.29 is 0 Å². The van der Waals surface area contributed by atoms with Crippen molar-refractivity contribution >= 4 is 32.4 Å². The van der Waals surface area contributed by atoms with Crippen LogP contribution in [0.3, 0.4) is 0 Å². The number of anilines is 2. The highest BCUT2D eigenvalue weighted by atomic mass is 32.1. The lowest BCUT2D eigenvalue weighted by Crippen LogP contribution is -2.20. The summed E-state index contributed by atoms with van der Waals surface area (Å²) in [6, 6.07) is 6.31. The summed E-state index contributed by atoms with van der Waals surface area (Å²) in [7, 11) is 4.14. The predicted molar refractivity (Wildman–Crippen MR) is 80.8 cm³/mol. The molecule has 0 spiro atoms. The first-order valence-corrected chi connectivity index (χ1v) is 7.03. The molecule has 2 N–H and O–H groups in total. The van der Waals surface area contributed by atoms with Crippen LogP contribution >= 0.6 is 11.3 Å². The maximum absolute atomic E-state index is 4.57. The normalized spacial score (nSPS) is 11.1. The van der Waals surface area contributed by atoms with Crippen LogP contribution in [0.5, 0.6) is 0 Å². The number of nitrogens with zero attached hydrogens (tertiary/aromatic N) is 2. The Morgan fingerprint density at radius 2 is 2.11 bits per heavy atom. The molecule has 1 heterocycles. The Morgan fingerprint density at radius 1 is 1.28 bits per heavy atom. The second-order valence-corrected chi connectivity index (χ2v) is 5.49. The fourth-order valence-electron chi connectivity index (χ4n) is 1.70. The summed E-state index contributed by atoms with van der Waals surface area (Å²) < 4.78 is 1.22. The van der Waals surface area contributed by atoms with Crippen molar-refractivity contribution in [3.8, 4) is 0 Å². The highest BCUT2D eigenvalue weighted by Crippen LogP contribution is 2.28. The molecule has 0 aliphatic heterocycles. The number of hydrogen-bond donors (Lipinski definition) is 2. The van der Waals surface area contributed by atoms with Gasteiger partial charge < -0.3 is 15.5 Å². The number of likely N-dealkylation sites (N-methyl/N-ethyl adjacent to an activating group) is 1. The van der Waals surface area contributed by atoms with Gasteiger partial charge in [-0.3, -0.25) is 0 Å². The van der Waals surface area contributed by atoms with Crippen LogP contribution in [0.2, 0.25) is 0 Å². The molecule has 2 rings (SSSR count). The van der Waals surface area contributed by atoms with E-state index in [9.17, 15) is 0 Å². The minimum atomic E-state index is 0.924. The summed E-state index contributed by atoms with van der Waals surface area (Å²) in [6.45, 7) is 4.98. The Bertz CT molecular complexity index is 507. The largest absolute Gasteiger partial charge is 0.385 e. The average Bonchev–Trinajstić information content (AvgIpc) is 2.71. The smallest absolute Gasteiger partial charge is 0.183 e. The van der Waals surface area contributed by atoms with Crippen molar-refractivity contribution in [1.82, 2.24) is 9.88 Å². The molecule has 0 atom stereocenters. The summed E-state index contributed by atoms with van der Waals surface area (Å²) in [5.74, 6) is 0. The Hall–Kier alpha value is -1.33. The van der Waals surface area contributed by atoms with Gasteiger partial charge in [-0.15, -0.1) is 0 Å². The maximum atomic E-state index is 4.57. The number of aromatic nitrogens is 1. The van der Waals surface area contributed by atoms with E-state index in [4.69, 9.17) is 0 Å². The van der Waals surface area contributed by atoms with Gasteiger partial charge in [-0.1, -0.05) is 11.3 Å². The number of benzene rings is 1. The van der Waals surface area contributed by atoms with Crippen LogP contribution in [0.4, 0.5) is 10.8 Å². The molecule has 0 fully saturated rings.